The summed E-state index contributed by atoms with van der Waals surface area (Å²) in [6.07, 6.45) is 5.76. The van der Waals surface area contributed by atoms with Crippen molar-refractivity contribution in [3.63, 3.8) is 0 Å². The number of nitrogens with one attached hydrogen (secondary N) is 4. The van der Waals surface area contributed by atoms with Gasteiger partial charge in [0.15, 0.2) is 0 Å². The Morgan fingerprint density at radius 1 is 1.09 bits per heavy atom. The van der Waals surface area contributed by atoms with E-state index >= 15 is 0 Å². The van der Waals surface area contributed by atoms with Crippen LogP contribution in [0.4, 0.5) is 5.69 Å². The van der Waals surface area contributed by atoms with Crippen LogP contribution in [0.15, 0.2) is 47.3 Å². The average Bonchev–Trinajstić information content (AvgIpc) is 3.50. The van der Waals surface area contributed by atoms with Crippen molar-refractivity contribution in [2.45, 2.75) is 58.3 Å². The number of hydrogen-bond acceptors (Lipinski definition) is 7. The third kappa shape index (κ3) is 7.79. The molecule has 1 saturated heterocycles. The summed E-state index contributed by atoms with van der Waals surface area (Å²) in [5.41, 5.74) is 6.95. The highest BCUT2D eigenvalue weighted by Gasteiger charge is 2.21. The van der Waals surface area contributed by atoms with Crippen LogP contribution in [0.25, 0.3) is 11.1 Å². The van der Waals surface area contributed by atoms with Crippen LogP contribution in [0.3, 0.4) is 0 Å². The van der Waals surface area contributed by atoms with E-state index in [1.54, 1.807) is 0 Å². The normalized spacial score (nSPS) is 16.0. The Morgan fingerprint density at radius 3 is 2.49 bits per heavy atom. The van der Waals surface area contributed by atoms with Crippen LogP contribution in [0.5, 0.6) is 0 Å². The van der Waals surface area contributed by atoms with Crippen LogP contribution < -0.4 is 16.2 Å². The van der Waals surface area contributed by atoms with Crippen LogP contribution in [0.2, 0.25) is 0 Å². The summed E-state index contributed by atoms with van der Waals surface area (Å²) in [7, 11) is 3.91. The molecule has 2 fully saturated rings. The second-order valence-corrected chi connectivity index (χ2v) is 12.0. The van der Waals surface area contributed by atoms with Crippen molar-refractivity contribution in [2.75, 3.05) is 45.7 Å². The first-order valence-corrected chi connectivity index (χ1v) is 15.3. The minimum absolute atomic E-state index is 0.0981. The Balaban J connectivity index is 1.44. The highest BCUT2D eigenvalue weighted by Crippen LogP contribution is 2.32. The van der Waals surface area contributed by atoms with Gasteiger partial charge in [-0.3, -0.25) is 14.5 Å². The van der Waals surface area contributed by atoms with Gasteiger partial charge in [0.1, 0.15) is 0 Å². The molecule has 1 aliphatic carbocycles. The van der Waals surface area contributed by atoms with Gasteiger partial charge in [0.25, 0.3) is 11.5 Å². The van der Waals surface area contributed by atoms with Gasteiger partial charge in [-0.05, 0) is 74.3 Å². The lowest BCUT2D eigenvalue weighted by Gasteiger charge is -2.26. The maximum absolute atomic E-state index is 13.8. The molecule has 1 aromatic heterocycles. The van der Waals surface area contributed by atoms with Gasteiger partial charge in [-0.2, -0.15) is 0 Å². The molecule has 9 heteroatoms. The van der Waals surface area contributed by atoms with E-state index in [0.717, 1.165) is 73.8 Å². The highest BCUT2D eigenvalue weighted by atomic mass is 16.5. The third-order valence-corrected chi connectivity index (χ3v) is 8.36. The van der Waals surface area contributed by atoms with Gasteiger partial charge in [-0.25, -0.2) is 0 Å². The standard InChI is InChI=1S/C34H44N6O3/c1-23-16-27(22-39(2)3)31(34(42)37-23)20-36-33(41)29-17-26(18-32(30(29)19-35)38-28-6-4-5-7-28)25-10-8-24(9-11-25)21-40-12-14-43-15-13-40/h8-11,16-19,28,35,38H,4-7,12-15,20-22H2,1-3H3,(H,36,41)(H,37,42). The number of benzene rings is 2. The number of carbonyl (C=O) groups is 1. The Hall–Kier alpha value is -3.79. The monoisotopic (exact) mass is 584 g/mol. The molecule has 0 radical (unpaired) electrons. The molecule has 0 atom stereocenters. The Kier molecular flexibility index (Phi) is 10.1. The molecule has 1 amide bonds. The largest absolute Gasteiger partial charge is 0.382 e. The SMILES string of the molecule is Cc1cc(CN(C)C)c(CNC(=O)c2cc(-c3ccc(CN4CCOCC4)cc3)cc(NC3CCCC3)c2C=N)c(=O)[nH]1. The minimum Gasteiger partial charge on any atom is -0.382 e. The van der Waals surface area contributed by atoms with Crippen molar-refractivity contribution in [2.24, 2.45) is 0 Å². The summed E-state index contributed by atoms with van der Waals surface area (Å²) in [6.45, 7) is 6.85. The maximum atomic E-state index is 13.8. The fourth-order valence-electron chi connectivity index (χ4n) is 6.12. The molecule has 2 heterocycles. The molecule has 0 spiro atoms. The molecule has 1 aliphatic heterocycles. The van der Waals surface area contributed by atoms with Gasteiger partial charge in [-0.15, -0.1) is 0 Å². The van der Waals surface area contributed by atoms with Crippen LogP contribution in [0, 0.1) is 12.3 Å². The summed E-state index contributed by atoms with van der Waals surface area (Å²) in [6, 6.07) is 14.7. The second kappa shape index (κ2) is 14.1. The number of aryl methyl sites for hydroxylation is 1. The molecule has 5 rings (SSSR count). The van der Waals surface area contributed by atoms with Gasteiger partial charge in [-0.1, -0.05) is 37.1 Å². The fourth-order valence-corrected chi connectivity index (χ4v) is 6.12. The van der Waals surface area contributed by atoms with Gasteiger partial charge in [0, 0.05) is 67.5 Å². The van der Waals surface area contributed by atoms with Crippen LogP contribution in [-0.2, 0) is 24.4 Å². The first-order valence-electron chi connectivity index (χ1n) is 15.3. The zero-order valence-electron chi connectivity index (χ0n) is 25.6. The molecule has 0 unspecified atom stereocenters. The number of pyridine rings is 1. The van der Waals surface area contributed by atoms with Gasteiger partial charge < -0.3 is 30.7 Å². The summed E-state index contributed by atoms with van der Waals surface area (Å²) in [5, 5.41) is 14.9. The molecule has 2 aromatic carbocycles. The smallest absolute Gasteiger partial charge is 0.253 e. The molecular weight excluding hydrogens is 540 g/mol. The second-order valence-electron chi connectivity index (χ2n) is 12.0. The first kappa shape index (κ1) is 30.7. The zero-order chi connectivity index (χ0) is 30.3. The number of amides is 1. The molecule has 2 aliphatic rings. The third-order valence-electron chi connectivity index (χ3n) is 8.36. The summed E-state index contributed by atoms with van der Waals surface area (Å²) in [4.78, 5) is 33.9. The first-order chi connectivity index (χ1) is 20.8. The number of aromatic amines is 1. The number of nitrogens with zero attached hydrogens (tertiary/aromatic N) is 2. The van der Waals surface area contributed by atoms with Crippen molar-refractivity contribution < 1.29 is 9.53 Å². The van der Waals surface area contributed by atoms with E-state index < -0.39 is 0 Å². The lowest BCUT2D eigenvalue weighted by atomic mass is 9.95. The van der Waals surface area contributed by atoms with E-state index in [1.165, 1.54) is 24.6 Å². The molecule has 1 saturated carbocycles. The van der Waals surface area contributed by atoms with E-state index in [4.69, 9.17) is 10.1 Å². The number of anilines is 1. The highest BCUT2D eigenvalue weighted by molar-refractivity contribution is 6.06. The fraction of sp³-hybridized carbons (Fsp3) is 0.441. The maximum Gasteiger partial charge on any atom is 0.253 e. The molecule has 228 valence electrons. The quantitative estimate of drug-likeness (QED) is 0.247. The predicted molar refractivity (Wildman–Crippen MR) is 172 cm³/mol. The van der Waals surface area contributed by atoms with Crippen LogP contribution in [-0.4, -0.2) is 73.3 Å². The lowest BCUT2D eigenvalue weighted by molar-refractivity contribution is 0.0342. The van der Waals surface area contributed by atoms with Gasteiger partial charge >= 0.3 is 0 Å². The molecule has 9 nitrogen and oxygen atoms in total. The Morgan fingerprint density at radius 2 is 1.81 bits per heavy atom. The summed E-state index contributed by atoms with van der Waals surface area (Å²) in [5.74, 6) is -0.311. The van der Waals surface area contributed by atoms with Gasteiger partial charge in [0.05, 0.1) is 18.8 Å². The topological polar surface area (TPSA) is 114 Å². The molecule has 0 bridgehead atoms. The lowest BCUT2D eigenvalue weighted by Crippen LogP contribution is -2.35. The van der Waals surface area contributed by atoms with Crippen LogP contribution >= 0.6 is 0 Å². The van der Waals surface area contributed by atoms with Crippen molar-refractivity contribution in [3.05, 3.63) is 86.3 Å². The number of carbonyl (C=O) groups excluding carboxylic acids is 1. The average molecular weight is 585 g/mol. The Bertz CT molecular complexity index is 1490. The van der Waals surface area contributed by atoms with Gasteiger partial charge in [0.2, 0.25) is 0 Å². The van der Waals surface area contributed by atoms with Crippen molar-refractivity contribution in [1.29, 1.82) is 5.41 Å². The van der Waals surface area contributed by atoms with Crippen LogP contribution in [0.1, 0.15) is 64.0 Å². The zero-order valence-corrected chi connectivity index (χ0v) is 25.6. The number of ether oxygens (including phenoxy) is 1. The van der Waals surface area contributed by atoms with E-state index in [0.29, 0.717) is 29.3 Å². The predicted octanol–water partition coefficient (Wildman–Crippen LogP) is 4.53. The summed E-state index contributed by atoms with van der Waals surface area (Å²) >= 11 is 0. The molecule has 4 N–H and O–H groups in total. The number of morpholine rings is 1. The molecule has 43 heavy (non-hydrogen) atoms. The summed E-state index contributed by atoms with van der Waals surface area (Å²) < 4.78 is 5.48. The van der Waals surface area contributed by atoms with Crippen molar-refractivity contribution in [3.8, 4) is 11.1 Å². The van der Waals surface area contributed by atoms with E-state index in [-0.39, 0.29) is 18.0 Å². The number of hydrogen-bond donors (Lipinski definition) is 4. The van der Waals surface area contributed by atoms with E-state index in [9.17, 15) is 9.59 Å². The molecule has 3 aromatic rings. The molecular formula is C34H44N6O3. The van der Waals surface area contributed by atoms with E-state index in [2.05, 4.69) is 50.8 Å². The van der Waals surface area contributed by atoms with Crippen molar-refractivity contribution in [1.82, 2.24) is 20.1 Å². The van der Waals surface area contributed by atoms with Crippen molar-refractivity contribution >= 4 is 17.8 Å². The minimum atomic E-state index is -0.311. The number of aromatic nitrogens is 1. The van der Waals surface area contributed by atoms with E-state index in [1.807, 2.05) is 38.1 Å². The number of H-pyrrole nitrogens is 1. The number of rotatable bonds is 11. The Labute approximate surface area is 254 Å².